The minimum atomic E-state index is -3.34. The lowest BCUT2D eigenvalue weighted by Gasteiger charge is -2.21. The summed E-state index contributed by atoms with van der Waals surface area (Å²) in [5.74, 6) is -0.0135. The molecule has 110 valence electrons. The van der Waals surface area contributed by atoms with Gasteiger partial charge in [-0.25, -0.2) is 8.42 Å². The molecule has 1 aromatic carbocycles. The lowest BCUT2D eigenvalue weighted by atomic mass is 9.95. The predicted molar refractivity (Wildman–Crippen MR) is 76.9 cm³/mol. The number of benzene rings is 1. The maximum absolute atomic E-state index is 12.1. The second-order valence-corrected chi connectivity index (χ2v) is 7.56. The van der Waals surface area contributed by atoms with Crippen molar-refractivity contribution in [1.82, 2.24) is 5.32 Å². The maximum atomic E-state index is 12.1. The van der Waals surface area contributed by atoms with Crippen molar-refractivity contribution in [3.63, 3.8) is 0 Å². The SMILES string of the molecule is CC(C)(CO)CNCCS(=O)(=O)c1ccc(C#N)cc1. The number of hydrogen-bond donors (Lipinski definition) is 2. The molecule has 6 heteroatoms. The van der Waals surface area contributed by atoms with Gasteiger partial charge < -0.3 is 10.4 Å². The maximum Gasteiger partial charge on any atom is 0.179 e. The zero-order valence-electron chi connectivity index (χ0n) is 11.8. The first-order valence-electron chi connectivity index (χ1n) is 6.35. The van der Waals surface area contributed by atoms with Gasteiger partial charge in [0.15, 0.2) is 9.84 Å². The third kappa shape index (κ3) is 4.93. The predicted octanol–water partition coefficient (Wildman–Crippen LogP) is 0.940. The fourth-order valence-corrected chi connectivity index (χ4v) is 2.74. The topological polar surface area (TPSA) is 90.2 Å². The van der Waals surface area contributed by atoms with Crippen LogP contribution in [0.4, 0.5) is 0 Å². The molecule has 2 N–H and O–H groups in total. The Morgan fingerprint density at radius 1 is 1.30 bits per heavy atom. The normalized spacial score (nSPS) is 12.1. The van der Waals surface area contributed by atoms with Gasteiger partial charge >= 0.3 is 0 Å². The summed E-state index contributed by atoms with van der Waals surface area (Å²) < 4.78 is 24.1. The Bertz CT molecular complexity index is 571. The zero-order valence-corrected chi connectivity index (χ0v) is 12.6. The molecule has 20 heavy (non-hydrogen) atoms. The van der Waals surface area contributed by atoms with Gasteiger partial charge in [-0.1, -0.05) is 13.8 Å². The molecule has 5 nitrogen and oxygen atoms in total. The van der Waals surface area contributed by atoms with Crippen molar-refractivity contribution in [2.75, 3.05) is 25.4 Å². The van der Waals surface area contributed by atoms with E-state index in [1.807, 2.05) is 19.9 Å². The highest BCUT2D eigenvalue weighted by molar-refractivity contribution is 7.91. The summed E-state index contributed by atoms with van der Waals surface area (Å²) in [5.41, 5.74) is 0.171. The van der Waals surface area contributed by atoms with Crippen molar-refractivity contribution in [2.45, 2.75) is 18.7 Å². The molecule has 1 rings (SSSR count). The molecule has 0 saturated carbocycles. The summed E-state index contributed by atoms with van der Waals surface area (Å²) in [4.78, 5) is 0.222. The van der Waals surface area contributed by atoms with E-state index >= 15 is 0 Å². The third-order valence-corrected chi connectivity index (χ3v) is 4.65. The number of hydrogen-bond acceptors (Lipinski definition) is 5. The Balaban J connectivity index is 2.56. The highest BCUT2D eigenvalue weighted by atomic mass is 32.2. The minimum absolute atomic E-state index is 0.0135. The van der Waals surface area contributed by atoms with Crippen LogP contribution in [0.3, 0.4) is 0 Å². The molecule has 0 saturated heterocycles. The zero-order chi connectivity index (χ0) is 15.2. The molecule has 0 aliphatic heterocycles. The second kappa shape index (κ2) is 6.84. The number of aliphatic hydroxyl groups is 1. The van der Waals surface area contributed by atoms with Crippen molar-refractivity contribution in [3.8, 4) is 6.07 Å². The Kier molecular flexibility index (Phi) is 5.69. The van der Waals surface area contributed by atoms with Gasteiger partial charge in [0.05, 0.1) is 22.3 Å². The van der Waals surface area contributed by atoms with Crippen LogP contribution < -0.4 is 5.32 Å². The molecular weight excluding hydrogens is 276 g/mol. The van der Waals surface area contributed by atoms with E-state index in [-0.39, 0.29) is 22.7 Å². The summed E-state index contributed by atoms with van der Waals surface area (Å²) in [6, 6.07) is 7.84. The molecule has 1 aromatic rings. The van der Waals surface area contributed by atoms with Gasteiger partial charge in [-0.2, -0.15) is 5.26 Å². The lowest BCUT2D eigenvalue weighted by molar-refractivity contribution is 0.158. The molecule has 0 aliphatic carbocycles. The van der Waals surface area contributed by atoms with Crippen LogP contribution in [0.15, 0.2) is 29.2 Å². The van der Waals surface area contributed by atoms with Gasteiger partial charge in [0.25, 0.3) is 0 Å². The molecule has 0 spiro atoms. The van der Waals surface area contributed by atoms with E-state index in [0.29, 0.717) is 18.7 Å². The smallest absolute Gasteiger partial charge is 0.179 e. The summed E-state index contributed by atoms with van der Waals surface area (Å²) in [5, 5.41) is 20.8. The first-order chi connectivity index (χ1) is 9.30. The van der Waals surface area contributed by atoms with E-state index in [9.17, 15) is 8.42 Å². The van der Waals surface area contributed by atoms with E-state index in [1.165, 1.54) is 24.3 Å². The minimum Gasteiger partial charge on any atom is -0.396 e. The van der Waals surface area contributed by atoms with Crippen molar-refractivity contribution >= 4 is 9.84 Å². The number of aliphatic hydroxyl groups excluding tert-OH is 1. The number of sulfone groups is 1. The number of nitrogens with one attached hydrogen (secondary N) is 1. The van der Waals surface area contributed by atoms with Crippen LogP contribution in [0.25, 0.3) is 0 Å². The van der Waals surface area contributed by atoms with Crippen molar-refractivity contribution in [3.05, 3.63) is 29.8 Å². The van der Waals surface area contributed by atoms with Gasteiger partial charge in [0, 0.05) is 25.1 Å². The highest BCUT2D eigenvalue weighted by Crippen LogP contribution is 2.13. The van der Waals surface area contributed by atoms with Crippen LogP contribution >= 0.6 is 0 Å². The standard InChI is InChI=1S/C14H20N2O3S/c1-14(2,11-17)10-16-7-8-20(18,19)13-5-3-12(9-15)4-6-13/h3-6,16-17H,7-8,10-11H2,1-2H3. The largest absolute Gasteiger partial charge is 0.396 e. The van der Waals surface area contributed by atoms with Gasteiger partial charge in [-0.05, 0) is 24.3 Å². The molecule has 0 bridgehead atoms. The highest BCUT2D eigenvalue weighted by Gasteiger charge is 2.17. The molecule has 0 aliphatic rings. The first-order valence-corrected chi connectivity index (χ1v) is 8.00. The molecule has 0 heterocycles. The average Bonchev–Trinajstić information content (AvgIpc) is 2.44. The Morgan fingerprint density at radius 2 is 1.90 bits per heavy atom. The third-order valence-electron chi connectivity index (χ3n) is 2.92. The van der Waals surface area contributed by atoms with E-state index in [0.717, 1.165) is 0 Å². The monoisotopic (exact) mass is 296 g/mol. The Labute approximate surface area is 120 Å². The number of nitriles is 1. The molecule has 0 aromatic heterocycles. The summed E-state index contributed by atoms with van der Waals surface area (Å²) >= 11 is 0. The molecule has 0 radical (unpaired) electrons. The van der Waals surface area contributed by atoms with E-state index in [1.54, 1.807) is 0 Å². The molecule has 0 atom stereocenters. The van der Waals surface area contributed by atoms with Crippen LogP contribution in [-0.2, 0) is 9.84 Å². The Hall–Kier alpha value is -1.42. The quantitative estimate of drug-likeness (QED) is 0.731. The van der Waals surface area contributed by atoms with Crippen molar-refractivity contribution in [1.29, 1.82) is 5.26 Å². The van der Waals surface area contributed by atoms with Crippen LogP contribution in [-0.4, -0.2) is 39.0 Å². The van der Waals surface area contributed by atoms with E-state index < -0.39 is 9.84 Å². The average molecular weight is 296 g/mol. The second-order valence-electron chi connectivity index (χ2n) is 5.45. The van der Waals surface area contributed by atoms with E-state index in [4.69, 9.17) is 10.4 Å². The fourth-order valence-electron chi connectivity index (χ4n) is 1.54. The van der Waals surface area contributed by atoms with E-state index in [2.05, 4.69) is 5.32 Å². The van der Waals surface area contributed by atoms with Crippen LogP contribution in [0.5, 0.6) is 0 Å². The van der Waals surface area contributed by atoms with Gasteiger partial charge in [0.1, 0.15) is 0 Å². The lowest BCUT2D eigenvalue weighted by Crippen LogP contribution is -2.34. The Morgan fingerprint density at radius 3 is 2.40 bits per heavy atom. The molecular formula is C14H20N2O3S. The van der Waals surface area contributed by atoms with Crippen LogP contribution in [0.2, 0.25) is 0 Å². The van der Waals surface area contributed by atoms with Crippen LogP contribution in [0.1, 0.15) is 19.4 Å². The summed E-state index contributed by atoms with van der Waals surface area (Å²) in [7, 11) is -3.34. The van der Waals surface area contributed by atoms with Gasteiger partial charge in [-0.15, -0.1) is 0 Å². The summed E-state index contributed by atoms with van der Waals surface area (Å²) in [6.45, 7) is 4.71. The molecule has 0 amide bonds. The fraction of sp³-hybridized carbons (Fsp3) is 0.500. The molecule has 0 fully saturated rings. The first kappa shape index (κ1) is 16.6. The number of nitrogens with zero attached hydrogens (tertiary/aromatic N) is 1. The van der Waals surface area contributed by atoms with Crippen molar-refractivity contribution < 1.29 is 13.5 Å². The van der Waals surface area contributed by atoms with Crippen molar-refractivity contribution in [2.24, 2.45) is 5.41 Å². The molecule has 0 unspecified atom stereocenters. The number of rotatable bonds is 7. The summed E-state index contributed by atoms with van der Waals surface area (Å²) in [6.07, 6.45) is 0. The van der Waals surface area contributed by atoms with Gasteiger partial charge in [0.2, 0.25) is 0 Å². The van der Waals surface area contributed by atoms with Crippen LogP contribution in [0, 0.1) is 16.7 Å². The van der Waals surface area contributed by atoms with Gasteiger partial charge in [-0.3, -0.25) is 0 Å².